The molecule has 1 aliphatic heterocycles. The van der Waals surface area contributed by atoms with Crippen molar-refractivity contribution in [2.24, 2.45) is 11.8 Å². The lowest BCUT2D eigenvalue weighted by Crippen LogP contribution is -2.16. The van der Waals surface area contributed by atoms with Crippen LogP contribution in [0.2, 0.25) is 0 Å². The summed E-state index contributed by atoms with van der Waals surface area (Å²) in [4.78, 5) is 13.2. The van der Waals surface area contributed by atoms with E-state index in [0.717, 1.165) is 0 Å². The Hall–Kier alpha value is -0.990. The summed E-state index contributed by atoms with van der Waals surface area (Å²) in [7, 11) is 1.44. The number of carbonyl (C=O) groups is 1. The molecule has 1 heterocycles. The Bertz CT molecular complexity index is 244. The zero-order valence-corrected chi connectivity index (χ0v) is 8.23. The highest BCUT2D eigenvalue weighted by molar-refractivity contribution is 5.72. The van der Waals surface area contributed by atoms with E-state index in [0.29, 0.717) is 23.9 Å². The van der Waals surface area contributed by atoms with E-state index in [1.54, 1.807) is 0 Å². The largest absolute Gasteiger partial charge is 0.453 e. The Morgan fingerprint density at radius 2 is 1.69 bits per heavy atom. The number of nitrogens with zero attached hydrogens (tertiary/aromatic N) is 1. The van der Waals surface area contributed by atoms with Gasteiger partial charge in [-0.15, -0.1) is 0 Å². The molecule has 2 rings (SSSR count). The smallest absolute Gasteiger partial charge is 0.410 e. The van der Waals surface area contributed by atoms with Gasteiger partial charge in [0.15, 0.2) is 0 Å². The van der Waals surface area contributed by atoms with E-state index in [4.69, 9.17) is 4.74 Å². The molecule has 0 radical (unpaired) electrons. The van der Waals surface area contributed by atoms with Crippen LogP contribution < -0.4 is 0 Å². The van der Waals surface area contributed by atoms with Crippen molar-refractivity contribution >= 4 is 6.09 Å². The number of methoxy groups -OCH3 is 1. The van der Waals surface area contributed by atoms with Gasteiger partial charge in [0.2, 0.25) is 0 Å². The minimum absolute atomic E-state index is 0.183. The molecular weight excluding hydrogens is 166 g/mol. The van der Waals surface area contributed by atoms with Crippen molar-refractivity contribution in [3.8, 4) is 0 Å². The van der Waals surface area contributed by atoms with Crippen LogP contribution in [0.15, 0.2) is 12.2 Å². The number of carbonyl (C=O) groups excluding carboxylic acids is 1. The highest BCUT2D eigenvalue weighted by atomic mass is 16.5. The Morgan fingerprint density at radius 3 is 2.08 bits per heavy atom. The molecule has 1 fully saturated rings. The molecule has 0 bridgehead atoms. The standard InChI is InChI=1S/C10H15NO2/c1-6-4-5-7(2)9-8(6)11(9)10(12)13-3/h4-9H,1-3H3/t6-,7-,8-,9-/m1/s1. The van der Waals surface area contributed by atoms with Crippen LogP contribution in [-0.2, 0) is 4.74 Å². The maximum absolute atomic E-state index is 11.3. The summed E-state index contributed by atoms with van der Waals surface area (Å²) in [5.74, 6) is 0.945. The van der Waals surface area contributed by atoms with Gasteiger partial charge in [-0.25, -0.2) is 4.79 Å². The number of hydrogen-bond acceptors (Lipinski definition) is 2. The summed E-state index contributed by atoms with van der Waals surface area (Å²) in [5.41, 5.74) is 0. The van der Waals surface area contributed by atoms with Crippen molar-refractivity contribution in [1.82, 2.24) is 4.90 Å². The molecule has 3 nitrogen and oxygen atoms in total. The average Bonchev–Trinajstić information content (AvgIpc) is 2.86. The van der Waals surface area contributed by atoms with Crippen molar-refractivity contribution in [3.63, 3.8) is 0 Å². The third-order valence-electron chi connectivity index (χ3n) is 3.08. The molecule has 1 aliphatic carbocycles. The van der Waals surface area contributed by atoms with E-state index in [-0.39, 0.29) is 6.09 Å². The Morgan fingerprint density at radius 1 is 1.23 bits per heavy atom. The van der Waals surface area contributed by atoms with Gasteiger partial charge in [0.05, 0.1) is 19.2 Å². The van der Waals surface area contributed by atoms with Gasteiger partial charge in [0.1, 0.15) is 0 Å². The van der Waals surface area contributed by atoms with E-state index in [9.17, 15) is 4.79 Å². The van der Waals surface area contributed by atoms with E-state index >= 15 is 0 Å². The summed E-state index contributed by atoms with van der Waals surface area (Å²) < 4.78 is 4.72. The van der Waals surface area contributed by atoms with Crippen LogP contribution in [0.25, 0.3) is 0 Å². The molecule has 0 aromatic rings. The molecule has 2 aliphatic rings. The molecule has 4 atom stereocenters. The monoisotopic (exact) mass is 181 g/mol. The molecule has 0 spiro atoms. The fourth-order valence-electron chi connectivity index (χ4n) is 2.32. The first kappa shape index (κ1) is 8.60. The van der Waals surface area contributed by atoms with Gasteiger partial charge in [-0.1, -0.05) is 26.0 Å². The van der Waals surface area contributed by atoms with Crippen LogP contribution in [0, 0.1) is 11.8 Å². The van der Waals surface area contributed by atoms with E-state index < -0.39 is 0 Å². The number of rotatable bonds is 0. The van der Waals surface area contributed by atoms with Crippen LogP contribution in [0.4, 0.5) is 4.79 Å². The maximum Gasteiger partial charge on any atom is 0.410 e. The number of ether oxygens (including phenoxy) is 1. The number of hydrogen-bond donors (Lipinski definition) is 0. The Balaban J connectivity index is 2.11. The normalized spacial score (nSPS) is 41.3. The lowest BCUT2D eigenvalue weighted by atomic mass is 9.91. The second-order valence-corrected chi connectivity index (χ2v) is 3.96. The molecule has 0 N–H and O–H groups in total. The van der Waals surface area contributed by atoms with Gasteiger partial charge in [0, 0.05) is 0 Å². The lowest BCUT2D eigenvalue weighted by molar-refractivity contribution is 0.148. The first-order chi connectivity index (χ1) is 6.16. The first-order valence-corrected chi connectivity index (χ1v) is 4.71. The number of fused-ring (bicyclic) bond motifs is 1. The molecule has 1 saturated heterocycles. The maximum atomic E-state index is 11.3. The molecule has 0 aromatic carbocycles. The second-order valence-electron chi connectivity index (χ2n) is 3.96. The fourth-order valence-corrected chi connectivity index (χ4v) is 2.32. The molecule has 0 aromatic heterocycles. The van der Waals surface area contributed by atoms with E-state index in [1.165, 1.54) is 7.11 Å². The lowest BCUT2D eigenvalue weighted by Gasteiger charge is -2.11. The van der Waals surface area contributed by atoms with Gasteiger partial charge in [-0.2, -0.15) is 0 Å². The van der Waals surface area contributed by atoms with Crippen molar-refractivity contribution in [3.05, 3.63) is 12.2 Å². The van der Waals surface area contributed by atoms with Crippen molar-refractivity contribution in [2.75, 3.05) is 7.11 Å². The zero-order valence-electron chi connectivity index (χ0n) is 8.23. The van der Waals surface area contributed by atoms with Crippen LogP contribution in [-0.4, -0.2) is 30.2 Å². The van der Waals surface area contributed by atoms with Crippen LogP contribution in [0.3, 0.4) is 0 Å². The molecule has 3 heteroatoms. The van der Waals surface area contributed by atoms with E-state index in [2.05, 4.69) is 26.0 Å². The fraction of sp³-hybridized carbons (Fsp3) is 0.700. The van der Waals surface area contributed by atoms with Gasteiger partial charge in [-0.05, 0) is 11.8 Å². The van der Waals surface area contributed by atoms with Crippen molar-refractivity contribution < 1.29 is 9.53 Å². The highest BCUT2D eigenvalue weighted by Gasteiger charge is 2.57. The predicted octanol–water partition coefficient (Wildman–Crippen LogP) is 1.65. The Labute approximate surface area is 78.4 Å². The molecule has 13 heavy (non-hydrogen) atoms. The molecule has 0 saturated carbocycles. The predicted molar refractivity (Wildman–Crippen MR) is 49.3 cm³/mol. The van der Waals surface area contributed by atoms with Gasteiger partial charge >= 0.3 is 6.09 Å². The number of amides is 1. The van der Waals surface area contributed by atoms with E-state index in [1.807, 2.05) is 4.90 Å². The first-order valence-electron chi connectivity index (χ1n) is 4.71. The molecule has 0 unspecified atom stereocenters. The third-order valence-corrected chi connectivity index (χ3v) is 3.08. The summed E-state index contributed by atoms with van der Waals surface area (Å²) >= 11 is 0. The SMILES string of the molecule is COC(=O)N1[C@H]2[C@H]1[C@H](C)C=C[C@H]2C. The third kappa shape index (κ3) is 1.14. The second kappa shape index (κ2) is 2.76. The van der Waals surface area contributed by atoms with Crippen LogP contribution >= 0.6 is 0 Å². The van der Waals surface area contributed by atoms with Crippen molar-refractivity contribution in [2.45, 2.75) is 25.9 Å². The summed E-state index contributed by atoms with van der Waals surface area (Å²) in [5, 5.41) is 0. The van der Waals surface area contributed by atoms with Gasteiger partial charge in [-0.3, -0.25) is 4.90 Å². The molecule has 72 valence electrons. The summed E-state index contributed by atoms with van der Waals surface area (Å²) in [6.07, 6.45) is 4.20. The van der Waals surface area contributed by atoms with Crippen molar-refractivity contribution in [1.29, 1.82) is 0 Å². The van der Waals surface area contributed by atoms with Gasteiger partial charge in [0.25, 0.3) is 0 Å². The Kier molecular flexibility index (Phi) is 1.82. The molecule has 1 amide bonds. The summed E-state index contributed by atoms with van der Waals surface area (Å²) in [6, 6.07) is 0.764. The molecular formula is C10H15NO2. The quantitative estimate of drug-likeness (QED) is 0.420. The van der Waals surface area contributed by atoms with Gasteiger partial charge < -0.3 is 4.74 Å². The topological polar surface area (TPSA) is 29.3 Å². The average molecular weight is 181 g/mol. The highest BCUT2D eigenvalue weighted by Crippen LogP contribution is 2.43. The van der Waals surface area contributed by atoms with Crippen LogP contribution in [0.5, 0.6) is 0 Å². The van der Waals surface area contributed by atoms with Crippen LogP contribution in [0.1, 0.15) is 13.8 Å². The minimum atomic E-state index is -0.183. The minimum Gasteiger partial charge on any atom is -0.453 e. The summed E-state index contributed by atoms with van der Waals surface area (Å²) in [6.45, 7) is 4.28. The zero-order chi connectivity index (χ0) is 9.59.